The lowest BCUT2D eigenvalue weighted by Gasteiger charge is -2.33. The van der Waals surface area contributed by atoms with Gasteiger partial charge in [-0.15, -0.1) is 0 Å². The number of carbonyl (C=O) groups excluding carboxylic acids is 2. The molecule has 0 bridgehead atoms. The predicted molar refractivity (Wildman–Crippen MR) is 131 cm³/mol. The van der Waals surface area contributed by atoms with Gasteiger partial charge in [0.1, 0.15) is 11.8 Å². The first-order valence-corrected chi connectivity index (χ1v) is 11.3. The lowest BCUT2D eigenvalue weighted by molar-refractivity contribution is -0.144. The molecule has 5 nitrogen and oxygen atoms in total. The van der Waals surface area contributed by atoms with Gasteiger partial charge in [0.25, 0.3) is 0 Å². The van der Waals surface area contributed by atoms with E-state index in [0.29, 0.717) is 18.1 Å². The summed E-state index contributed by atoms with van der Waals surface area (Å²) in [5.74, 6) is 0.153. The zero-order chi connectivity index (χ0) is 23.8. The highest BCUT2D eigenvalue weighted by atomic mass is 35.5. The standard InChI is InChI=1S/C27H29ClN2O3/c1-19(2)27(32)30(18-21-9-13-23(28)14-10-21)25(22-7-5-4-6-8-22)26(31)29-17-20-11-15-24(33-3)16-12-20/h4-16,19,25H,17-18H2,1-3H3,(H,29,31)/t25-/m0/s1. The molecular weight excluding hydrogens is 436 g/mol. The molecule has 0 aliphatic heterocycles. The summed E-state index contributed by atoms with van der Waals surface area (Å²) < 4.78 is 5.20. The molecule has 0 heterocycles. The maximum absolute atomic E-state index is 13.5. The van der Waals surface area contributed by atoms with Gasteiger partial charge < -0.3 is 15.0 Å². The van der Waals surface area contributed by atoms with Crippen molar-refractivity contribution in [3.63, 3.8) is 0 Å². The van der Waals surface area contributed by atoms with Gasteiger partial charge in [0.15, 0.2) is 0 Å². The molecule has 0 saturated heterocycles. The molecule has 0 fully saturated rings. The number of hydrogen-bond donors (Lipinski definition) is 1. The Morgan fingerprint density at radius 1 is 0.909 bits per heavy atom. The summed E-state index contributed by atoms with van der Waals surface area (Å²) in [6.07, 6.45) is 0. The molecule has 3 aromatic rings. The summed E-state index contributed by atoms with van der Waals surface area (Å²) in [6.45, 7) is 4.32. The van der Waals surface area contributed by atoms with Crippen molar-refractivity contribution in [2.24, 2.45) is 5.92 Å². The highest BCUT2D eigenvalue weighted by molar-refractivity contribution is 6.30. The maximum atomic E-state index is 13.5. The van der Waals surface area contributed by atoms with Crippen LogP contribution < -0.4 is 10.1 Å². The summed E-state index contributed by atoms with van der Waals surface area (Å²) in [7, 11) is 1.61. The third-order valence-corrected chi connectivity index (χ3v) is 5.60. The van der Waals surface area contributed by atoms with E-state index >= 15 is 0 Å². The first-order valence-electron chi connectivity index (χ1n) is 10.9. The lowest BCUT2D eigenvalue weighted by Crippen LogP contribution is -2.44. The third kappa shape index (κ3) is 6.59. The minimum absolute atomic E-state index is 0.0987. The van der Waals surface area contributed by atoms with Gasteiger partial charge in [-0.2, -0.15) is 0 Å². The van der Waals surface area contributed by atoms with Gasteiger partial charge in [0.05, 0.1) is 7.11 Å². The average Bonchev–Trinajstić information content (AvgIpc) is 2.84. The third-order valence-electron chi connectivity index (χ3n) is 5.34. The molecule has 1 N–H and O–H groups in total. The first kappa shape index (κ1) is 24.3. The molecule has 6 heteroatoms. The number of methoxy groups -OCH3 is 1. The lowest BCUT2D eigenvalue weighted by atomic mass is 10.0. The SMILES string of the molecule is COc1ccc(CNC(=O)[C@H](c2ccccc2)N(Cc2ccc(Cl)cc2)C(=O)C(C)C)cc1. The number of ether oxygens (including phenoxy) is 1. The topological polar surface area (TPSA) is 58.6 Å². The molecule has 0 unspecified atom stereocenters. The Hall–Kier alpha value is -3.31. The summed E-state index contributed by atoms with van der Waals surface area (Å²) >= 11 is 6.04. The van der Waals surface area contributed by atoms with E-state index in [1.165, 1.54) is 0 Å². The maximum Gasteiger partial charge on any atom is 0.247 e. The van der Waals surface area contributed by atoms with Crippen molar-refractivity contribution in [2.45, 2.75) is 33.0 Å². The molecule has 2 amide bonds. The number of benzene rings is 3. The number of hydrogen-bond acceptors (Lipinski definition) is 3. The zero-order valence-corrected chi connectivity index (χ0v) is 19.9. The van der Waals surface area contributed by atoms with Gasteiger partial charge in [-0.05, 0) is 41.0 Å². The van der Waals surface area contributed by atoms with Crippen molar-refractivity contribution in [1.82, 2.24) is 10.2 Å². The number of nitrogens with zero attached hydrogens (tertiary/aromatic N) is 1. The van der Waals surface area contributed by atoms with E-state index < -0.39 is 6.04 Å². The minimum atomic E-state index is -0.768. The fraction of sp³-hybridized carbons (Fsp3) is 0.259. The van der Waals surface area contributed by atoms with Crippen molar-refractivity contribution in [3.05, 3.63) is 101 Å². The molecule has 0 spiro atoms. The largest absolute Gasteiger partial charge is 0.497 e. The minimum Gasteiger partial charge on any atom is -0.497 e. The van der Waals surface area contributed by atoms with Crippen LogP contribution in [0, 0.1) is 5.92 Å². The van der Waals surface area contributed by atoms with E-state index in [1.807, 2.05) is 80.6 Å². The van der Waals surface area contributed by atoms with Crippen LogP contribution in [0.15, 0.2) is 78.9 Å². The van der Waals surface area contributed by atoms with Crippen LogP contribution >= 0.6 is 11.6 Å². The first-order chi connectivity index (χ1) is 15.9. The van der Waals surface area contributed by atoms with Gasteiger partial charge in [-0.3, -0.25) is 9.59 Å². The predicted octanol–water partition coefficient (Wildman–Crippen LogP) is 5.39. The molecule has 0 aliphatic rings. The second kappa shape index (κ2) is 11.5. The Morgan fingerprint density at radius 2 is 1.52 bits per heavy atom. The zero-order valence-electron chi connectivity index (χ0n) is 19.1. The van der Waals surface area contributed by atoms with E-state index in [1.54, 1.807) is 24.1 Å². The molecule has 0 aromatic heterocycles. The van der Waals surface area contributed by atoms with Crippen LogP contribution in [0.25, 0.3) is 0 Å². The van der Waals surface area contributed by atoms with Crippen LogP contribution in [0.5, 0.6) is 5.75 Å². The van der Waals surface area contributed by atoms with Crippen molar-refractivity contribution in [3.8, 4) is 5.75 Å². The van der Waals surface area contributed by atoms with Crippen LogP contribution in [-0.4, -0.2) is 23.8 Å². The Morgan fingerprint density at radius 3 is 2.09 bits per heavy atom. The van der Waals surface area contributed by atoms with E-state index in [4.69, 9.17) is 16.3 Å². The van der Waals surface area contributed by atoms with Crippen molar-refractivity contribution < 1.29 is 14.3 Å². The van der Waals surface area contributed by atoms with Gasteiger partial charge in [-0.25, -0.2) is 0 Å². The molecular formula is C27H29ClN2O3. The molecule has 0 saturated carbocycles. The Bertz CT molecular complexity index is 1050. The summed E-state index contributed by atoms with van der Waals surface area (Å²) in [5, 5.41) is 3.63. The Kier molecular flexibility index (Phi) is 8.50. The summed E-state index contributed by atoms with van der Waals surface area (Å²) in [5.41, 5.74) is 2.60. The molecule has 3 rings (SSSR count). The number of carbonyl (C=O) groups is 2. The van der Waals surface area contributed by atoms with Crippen molar-refractivity contribution >= 4 is 23.4 Å². The molecule has 3 aromatic carbocycles. The second-order valence-electron chi connectivity index (χ2n) is 8.13. The average molecular weight is 465 g/mol. The van der Waals surface area contributed by atoms with E-state index in [0.717, 1.165) is 22.4 Å². The van der Waals surface area contributed by atoms with Gasteiger partial charge >= 0.3 is 0 Å². The van der Waals surface area contributed by atoms with Crippen molar-refractivity contribution in [2.75, 3.05) is 7.11 Å². The Balaban J connectivity index is 1.90. The van der Waals surface area contributed by atoms with Gasteiger partial charge in [-0.1, -0.05) is 80.0 Å². The second-order valence-corrected chi connectivity index (χ2v) is 8.56. The number of rotatable bonds is 9. The molecule has 33 heavy (non-hydrogen) atoms. The summed E-state index contributed by atoms with van der Waals surface area (Å²) in [4.78, 5) is 28.4. The molecule has 1 atom stereocenters. The fourth-order valence-electron chi connectivity index (χ4n) is 3.55. The highest BCUT2D eigenvalue weighted by Gasteiger charge is 2.32. The van der Waals surface area contributed by atoms with Gasteiger partial charge in [0.2, 0.25) is 11.8 Å². The highest BCUT2D eigenvalue weighted by Crippen LogP contribution is 2.26. The number of halogens is 1. The number of nitrogens with one attached hydrogen (secondary N) is 1. The van der Waals surface area contributed by atoms with E-state index in [9.17, 15) is 9.59 Å². The van der Waals surface area contributed by atoms with Crippen LogP contribution in [0.2, 0.25) is 5.02 Å². The van der Waals surface area contributed by atoms with Crippen LogP contribution in [0.1, 0.15) is 36.6 Å². The summed E-state index contributed by atoms with van der Waals surface area (Å²) in [6, 6.07) is 23.5. The molecule has 0 radical (unpaired) electrons. The van der Waals surface area contributed by atoms with E-state index in [-0.39, 0.29) is 17.7 Å². The smallest absolute Gasteiger partial charge is 0.247 e. The van der Waals surface area contributed by atoms with Crippen LogP contribution in [-0.2, 0) is 22.7 Å². The Labute approximate surface area is 200 Å². The monoisotopic (exact) mass is 464 g/mol. The number of amides is 2. The van der Waals surface area contributed by atoms with Crippen LogP contribution in [0.4, 0.5) is 0 Å². The van der Waals surface area contributed by atoms with E-state index in [2.05, 4.69) is 5.32 Å². The quantitative estimate of drug-likeness (QED) is 0.461. The normalized spacial score (nSPS) is 11.7. The van der Waals surface area contributed by atoms with Crippen LogP contribution in [0.3, 0.4) is 0 Å². The van der Waals surface area contributed by atoms with Crippen molar-refractivity contribution in [1.29, 1.82) is 0 Å². The molecule has 172 valence electrons. The fourth-order valence-corrected chi connectivity index (χ4v) is 3.68. The molecule has 0 aliphatic carbocycles. The van der Waals surface area contributed by atoms with Gasteiger partial charge in [0, 0.05) is 24.0 Å².